The summed E-state index contributed by atoms with van der Waals surface area (Å²) in [5.74, 6) is 3.38. The van der Waals surface area contributed by atoms with Gasteiger partial charge in [0.25, 0.3) is 0 Å². The fourth-order valence-corrected chi connectivity index (χ4v) is 9.19. The van der Waals surface area contributed by atoms with E-state index in [2.05, 4.69) is 68.7 Å². The van der Waals surface area contributed by atoms with Crippen LogP contribution in [0.4, 0.5) is 22.7 Å². The third-order valence-corrected chi connectivity index (χ3v) is 12.7. The molecule has 0 atom stereocenters. The molecule has 0 unspecified atom stereocenters. The Morgan fingerprint density at radius 3 is 1.86 bits per heavy atom. The van der Waals surface area contributed by atoms with Gasteiger partial charge in [-0.3, -0.25) is 0 Å². The Labute approximate surface area is 446 Å². The maximum absolute atomic E-state index is 9.27. The van der Waals surface area contributed by atoms with Crippen LogP contribution in [0.25, 0.3) is 49.9 Å². The van der Waals surface area contributed by atoms with Gasteiger partial charge in [-0.1, -0.05) is 163 Å². The summed E-state index contributed by atoms with van der Waals surface area (Å²) in [4.78, 5) is 8.51. The van der Waals surface area contributed by atoms with Crippen molar-refractivity contribution in [1.82, 2.24) is 9.55 Å². The molecule has 0 amide bonds. The van der Waals surface area contributed by atoms with Gasteiger partial charge in [0, 0.05) is 78.5 Å². The van der Waals surface area contributed by atoms with Gasteiger partial charge in [0.15, 0.2) is 0 Å². The second-order valence-electron chi connectivity index (χ2n) is 19.0. The number of hydrogen-bond acceptors (Lipinski definition) is 5. The number of pyridine rings is 1. The van der Waals surface area contributed by atoms with E-state index in [4.69, 9.17) is 22.7 Å². The zero-order chi connectivity index (χ0) is 56.8. The first-order chi connectivity index (χ1) is 38.1. The number of hydrogen-bond donors (Lipinski definition) is 0. The molecule has 0 bridgehead atoms. The molecule has 0 spiro atoms. The minimum absolute atomic E-state index is 0. The molecule has 11 rings (SSSR count). The van der Waals surface area contributed by atoms with Crippen LogP contribution in [0.1, 0.15) is 90.7 Å². The van der Waals surface area contributed by atoms with Crippen molar-refractivity contribution in [3.05, 3.63) is 223 Å². The molecule has 2 aromatic heterocycles. The van der Waals surface area contributed by atoms with Gasteiger partial charge >= 0.3 is 0 Å². The summed E-state index contributed by atoms with van der Waals surface area (Å²) < 4.78 is 105. The summed E-state index contributed by atoms with van der Waals surface area (Å²) in [5, 5.41) is 1.94. The first-order valence-electron chi connectivity index (χ1n) is 28.4. The molecule has 6 nitrogen and oxygen atoms in total. The molecule has 71 heavy (non-hydrogen) atoms. The predicted molar refractivity (Wildman–Crippen MR) is 288 cm³/mol. The Kier molecular flexibility index (Phi) is 9.99. The van der Waals surface area contributed by atoms with Crippen molar-refractivity contribution in [2.75, 3.05) is 9.80 Å². The number of para-hydroxylation sites is 4. The van der Waals surface area contributed by atoms with Crippen LogP contribution in [0, 0.1) is 18.8 Å². The van der Waals surface area contributed by atoms with E-state index >= 15 is 0 Å². The van der Waals surface area contributed by atoms with Crippen molar-refractivity contribution in [3.8, 4) is 51.1 Å². The van der Waals surface area contributed by atoms with Crippen molar-refractivity contribution < 1.29 is 44.2 Å². The Bertz CT molecular complexity index is 3980. The number of anilines is 4. The number of rotatable bonds is 11. The largest absolute Gasteiger partial charge is 0.509 e. The van der Waals surface area contributed by atoms with Crippen molar-refractivity contribution >= 4 is 44.6 Å². The van der Waals surface area contributed by atoms with E-state index in [1.165, 1.54) is 0 Å². The molecule has 1 aliphatic heterocycles. The molecule has 0 saturated carbocycles. The smallest absolute Gasteiger partial charge is 0.139 e. The van der Waals surface area contributed by atoms with Crippen LogP contribution in [0.5, 0.6) is 23.0 Å². The SMILES string of the molecule is [2H]c1c([2H])c([2H])c(-c2cc(C(C)(C)C)cc(-c3c([2H])c([2H])c([2H])c([2H])c3[2H])c2N2[CH-]N(c3[c-]c(Oc4[c-]c5c(cc4)c4ccccc4n5-c4cc(Oc5c(C(C)C)cccc5C(C)C)ccn4)ccc3)c3ccccc32)c([2H])c1[2H].[Pt]. The van der Waals surface area contributed by atoms with E-state index in [1.54, 1.807) is 36.0 Å². The Morgan fingerprint density at radius 1 is 0.606 bits per heavy atom. The van der Waals surface area contributed by atoms with Crippen LogP contribution in [0.2, 0.25) is 0 Å². The number of nitrogens with zero attached hydrogens (tertiary/aromatic N) is 4. The van der Waals surface area contributed by atoms with Crippen molar-refractivity contribution in [3.63, 3.8) is 0 Å². The number of ether oxygens (including phenoxy) is 2. The number of fused-ring (bicyclic) bond motifs is 4. The molecule has 0 saturated heterocycles. The molecule has 3 heterocycles. The molecule has 1 aliphatic rings. The van der Waals surface area contributed by atoms with Crippen LogP contribution in [0.3, 0.4) is 0 Å². The van der Waals surface area contributed by atoms with E-state index < -0.39 is 65.8 Å². The maximum Gasteiger partial charge on any atom is 0.139 e. The van der Waals surface area contributed by atoms with Gasteiger partial charge in [-0.15, -0.1) is 48.1 Å². The second-order valence-corrected chi connectivity index (χ2v) is 19.0. The van der Waals surface area contributed by atoms with E-state index in [0.717, 1.165) is 38.7 Å². The molecule has 7 heteroatoms. The predicted octanol–water partition coefficient (Wildman–Crippen LogP) is 17.6. The van der Waals surface area contributed by atoms with Gasteiger partial charge in [0.1, 0.15) is 17.3 Å². The standard InChI is InChI=1S/C64H55N4O2.Pt/c1-42(2)51-27-19-28-52(43(3)4)63(51)70-50-34-35-65-61(40-50)68-57-29-15-14-26-53(57)54-33-32-49(39-60(54)68)69-48-25-18-24-47(38-48)66-41-67(59-31-17-16-30-58(59)66)62-55(44-20-10-8-11-21-44)36-46(64(5,6)7)37-56(62)45-22-12-9-13-23-45;/h8-37,40-43H,1-7H3;/q-3;/i8D,9D,10D,11D,12D,13D,20D,21D,22D,23D;. The fourth-order valence-electron chi connectivity index (χ4n) is 9.19. The molecule has 8 aromatic carbocycles. The van der Waals surface area contributed by atoms with E-state index in [-0.39, 0.29) is 60.8 Å². The van der Waals surface area contributed by atoms with Crippen molar-refractivity contribution in [2.24, 2.45) is 0 Å². The van der Waals surface area contributed by atoms with Gasteiger partial charge in [0.2, 0.25) is 0 Å². The summed E-state index contributed by atoms with van der Waals surface area (Å²) in [5.41, 5.74) is 6.05. The summed E-state index contributed by atoms with van der Waals surface area (Å²) in [6.07, 6.45) is 1.75. The minimum Gasteiger partial charge on any atom is -0.509 e. The van der Waals surface area contributed by atoms with Gasteiger partial charge in [-0.2, -0.15) is 12.1 Å². The quantitative estimate of drug-likeness (QED) is 0.121. The Hall–Kier alpha value is -7.40. The topological polar surface area (TPSA) is 42.8 Å². The summed E-state index contributed by atoms with van der Waals surface area (Å²) >= 11 is 0. The van der Waals surface area contributed by atoms with Crippen LogP contribution >= 0.6 is 0 Å². The molecule has 356 valence electrons. The summed E-state index contributed by atoms with van der Waals surface area (Å²) in [7, 11) is 0. The normalized spacial score (nSPS) is 14.4. The average molecular weight is 1120 g/mol. The Morgan fingerprint density at radius 2 is 1.21 bits per heavy atom. The third kappa shape index (κ3) is 9.02. The molecule has 0 fully saturated rings. The van der Waals surface area contributed by atoms with Crippen LogP contribution < -0.4 is 19.3 Å². The van der Waals surface area contributed by atoms with Crippen molar-refractivity contribution in [1.29, 1.82) is 0 Å². The molecular weight excluding hydrogens is 1050 g/mol. The average Bonchev–Trinajstić information content (AvgIpc) is 4.25. The van der Waals surface area contributed by atoms with E-state index in [1.807, 2.05) is 105 Å². The van der Waals surface area contributed by atoms with Crippen molar-refractivity contribution in [2.45, 2.75) is 65.7 Å². The summed E-state index contributed by atoms with van der Waals surface area (Å²) in [6, 6.07) is 40.4. The van der Waals surface area contributed by atoms with E-state index in [0.29, 0.717) is 45.7 Å². The maximum atomic E-state index is 9.27. The van der Waals surface area contributed by atoms with E-state index in [9.17, 15) is 5.48 Å². The van der Waals surface area contributed by atoms with Crippen LogP contribution in [-0.2, 0) is 26.5 Å². The number of aromatic nitrogens is 2. The zero-order valence-corrected chi connectivity index (χ0v) is 42.6. The van der Waals surface area contributed by atoms with Gasteiger partial charge in [0.05, 0.1) is 13.7 Å². The Balaban J connectivity index is 0.00000736. The van der Waals surface area contributed by atoms with Gasteiger partial charge < -0.3 is 23.8 Å². The fraction of sp³-hybridized carbons (Fsp3) is 0.156. The van der Waals surface area contributed by atoms with Crippen LogP contribution in [0.15, 0.2) is 188 Å². The minimum atomic E-state index is -0.634. The monoisotopic (exact) mass is 1120 g/mol. The van der Waals surface area contributed by atoms with Crippen LogP contribution in [-0.4, -0.2) is 9.55 Å². The van der Waals surface area contributed by atoms with Gasteiger partial charge in [-0.05, 0) is 86.9 Å². The molecule has 0 aliphatic carbocycles. The molecule has 0 N–H and O–H groups in total. The molecular formula is C64H55N4O2Pt-3. The second kappa shape index (κ2) is 19.4. The number of benzene rings is 8. The zero-order valence-electron chi connectivity index (χ0n) is 50.3. The first-order valence-corrected chi connectivity index (χ1v) is 23.4. The van der Waals surface area contributed by atoms with Gasteiger partial charge in [-0.25, -0.2) is 4.98 Å². The first kappa shape index (κ1) is 36.5. The molecule has 10 aromatic rings. The summed E-state index contributed by atoms with van der Waals surface area (Å²) in [6.45, 7) is 16.3. The third-order valence-electron chi connectivity index (χ3n) is 12.7. The molecule has 0 radical (unpaired) electrons.